The Morgan fingerprint density at radius 3 is 2.83 bits per heavy atom. The van der Waals surface area contributed by atoms with Crippen LogP contribution in [0.4, 0.5) is 5.82 Å². The lowest BCUT2D eigenvalue weighted by atomic mass is 10.1. The molecule has 0 saturated carbocycles. The summed E-state index contributed by atoms with van der Waals surface area (Å²) in [6.07, 6.45) is 5.42. The van der Waals surface area contributed by atoms with Crippen molar-refractivity contribution in [3.05, 3.63) is 42.9 Å². The fourth-order valence-electron chi connectivity index (χ4n) is 2.60. The van der Waals surface area contributed by atoms with Gasteiger partial charge in [-0.15, -0.1) is 0 Å². The van der Waals surface area contributed by atoms with Crippen molar-refractivity contribution in [1.82, 2.24) is 15.3 Å². The predicted octanol–water partition coefficient (Wildman–Crippen LogP) is 1.48. The molecule has 0 aliphatic carbocycles. The smallest absolute Gasteiger partial charge is 0.216 e. The van der Waals surface area contributed by atoms with E-state index in [2.05, 4.69) is 26.3 Å². The number of hydrogen-bond acceptors (Lipinski definition) is 5. The van der Waals surface area contributed by atoms with Crippen molar-refractivity contribution in [2.45, 2.75) is 13.0 Å². The van der Waals surface area contributed by atoms with Gasteiger partial charge in [0.1, 0.15) is 5.82 Å². The van der Waals surface area contributed by atoms with Crippen LogP contribution in [0.25, 0.3) is 11.1 Å². The van der Waals surface area contributed by atoms with Gasteiger partial charge in [-0.25, -0.2) is 4.98 Å². The van der Waals surface area contributed by atoms with Crippen LogP contribution in [0, 0.1) is 0 Å². The molecule has 23 heavy (non-hydrogen) atoms. The SMILES string of the molecule is CC(=O)NCC1CN(c2ccc(-c3ccncc3)cn2)CCO1. The monoisotopic (exact) mass is 312 g/mol. The first-order valence-corrected chi connectivity index (χ1v) is 7.70. The molecule has 2 aromatic heterocycles. The summed E-state index contributed by atoms with van der Waals surface area (Å²) in [5.41, 5.74) is 2.17. The molecule has 6 heteroatoms. The summed E-state index contributed by atoms with van der Waals surface area (Å²) in [4.78, 5) is 21.8. The van der Waals surface area contributed by atoms with Gasteiger partial charge in [-0.2, -0.15) is 0 Å². The number of carbonyl (C=O) groups is 1. The lowest BCUT2D eigenvalue weighted by Crippen LogP contribution is -2.47. The average molecular weight is 312 g/mol. The van der Waals surface area contributed by atoms with Gasteiger partial charge in [-0.05, 0) is 29.8 Å². The van der Waals surface area contributed by atoms with E-state index in [1.165, 1.54) is 6.92 Å². The standard InChI is InChI=1S/C17H20N4O2/c1-13(22)19-11-16-12-21(8-9-23-16)17-3-2-15(10-20-17)14-4-6-18-7-5-14/h2-7,10,16H,8-9,11-12H2,1H3,(H,19,22). The molecular weight excluding hydrogens is 292 g/mol. The lowest BCUT2D eigenvalue weighted by molar-refractivity contribution is -0.119. The molecule has 1 atom stereocenters. The first-order chi connectivity index (χ1) is 11.2. The number of aromatic nitrogens is 2. The van der Waals surface area contributed by atoms with E-state index in [4.69, 9.17) is 4.74 Å². The molecule has 1 unspecified atom stereocenters. The second-order valence-corrected chi connectivity index (χ2v) is 5.52. The fourth-order valence-corrected chi connectivity index (χ4v) is 2.60. The van der Waals surface area contributed by atoms with Gasteiger partial charge >= 0.3 is 0 Å². The lowest BCUT2D eigenvalue weighted by Gasteiger charge is -2.33. The number of anilines is 1. The Balaban J connectivity index is 1.66. The first kappa shape index (κ1) is 15.4. The van der Waals surface area contributed by atoms with Crippen LogP contribution in [-0.2, 0) is 9.53 Å². The molecule has 1 N–H and O–H groups in total. The first-order valence-electron chi connectivity index (χ1n) is 7.70. The van der Waals surface area contributed by atoms with E-state index in [0.717, 1.165) is 30.0 Å². The molecule has 1 aliphatic heterocycles. The highest BCUT2D eigenvalue weighted by Crippen LogP contribution is 2.21. The molecule has 3 heterocycles. The minimum Gasteiger partial charge on any atom is -0.373 e. The molecule has 0 radical (unpaired) electrons. The molecule has 1 amide bonds. The van der Waals surface area contributed by atoms with Gasteiger partial charge in [0.2, 0.25) is 5.91 Å². The van der Waals surface area contributed by atoms with E-state index >= 15 is 0 Å². The number of amides is 1. The topological polar surface area (TPSA) is 67.4 Å². The minimum absolute atomic E-state index is 0.00526. The summed E-state index contributed by atoms with van der Waals surface area (Å²) in [6, 6.07) is 8.02. The maximum Gasteiger partial charge on any atom is 0.216 e. The van der Waals surface area contributed by atoms with E-state index in [1.54, 1.807) is 12.4 Å². The van der Waals surface area contributed by atoms with Crippen LogP contribution in [-0.4, -0.2) is 48.2 Å². The summed E-state index contributed by atoms with van der Waals surface area (Å²) in [7, 11) is 0. The average Bonchev–Trinajstić information content (AvgIpc) is 2.61. The third-order valence-corrected chi connectivity index (χ3v) is 3.80. The van der Waals surface area contributed by atoms with Crippen molar-refractivity contribution in [3.8, 4) is 11.1 Å². The second kappa shape index (κ2) is 7.19. The summed E-state index contributed by atoms with van der Waals surface area (Å²) in [6.45, 7) is 4.21. The number of pyridine rings is 2. The number of rotatable bonds is 4. The summed E-state index contributed by atoms with van der Waals surface area (Å²) in [5, 5.41) is 2.80. The second-order valence-electron chi connectivity index (χ2n) is 5.52. The third kappa shape index (κ3) is 4.04. The summed E-state index contributed by atoms with van der Waals surface area (Å²) >= 11 is 0. The van der Waals surface area contributed by atoms with Gasteiger partial charge in [0.15, 0.2) is 0 Å². The Bertz CT molecular complexity index is 645. The fraction of sp³-hybridized carbons (Fsp3) is 0.353. The Morgan fingerprint density at radius 1 is 1.30 bits per heavy atom. The van der Waals surface area contributed by atoms with Gasteiger partial charge < -0.3 is 15.0 Å². The van der Waals surface area contributed by atoms with Crippen molar-refractivity contribution in [1.29, 1.82) is 0 Å². The van der Waals surface area contributed by atoms with Crippen molar-refractivity contribution >= 4 is 11.7 Å². The van der Waals surface area contributed by atoms with Crippen LogP contribution in [0.3, 0.4) is 0 Å². The van der Waals surface area contributed by atoms with Crippen molar-refractivity contribution in [2.24, 2.45) is 0 Å². The molecule has 0 spiro atoms. The highest BCUT2D eigenvalue weighted by atomic mass is 16.5. The zero-order valence-electron chi connectivity index (χ0n) is 13.1. The van der Waals surface area contributed by atoms with Gasteiger partial charge in [0.05, 0.1) is 12.7 Å². The van der Waals surface area contributed by atoms with E-state index in [-0.39, 0.29) is 12.0 Å². The van der Waals surface area contributed by atoms with Crippen LogP contribution in [0.1, 0.15) is 6.92 Å². The zero-order valence-corrected chi connectivity index (χ0v) is 13.1. The van der Waals surface area contributed by atoms with E-state index in [0.29, 0.717) is 13.2 Å². The molecule has 6 nitrogen and oxygen atoms in total. The number of carbonyl (C=O) groups excluding carboxylic acids is 1. The van der Waals surface area contributed by atoms with Crippen LogP contribution in [0.5, 0.6) is 0 Å². The molecule has 2 aromatic rings. The minimum atomic E-state index is -0.0365. The number of hydrogen-bond donors (Lipinski definition) is 1. The number of morpholine rings is 1. The molecule has 3 rings (SSSR count). The van der Waals surface area contributed by atoms with Crippen LogP contribution >= 0.6 is 0 Å². The number of nitrogens with one attached hydrogen (secondary N) is 1. The van der Waals surface area contributed by atoms with E-state index in [9.17, 15) is 4.79 Å². The van der Waals surface area contributed by atoms with Gasteiger partial charge in [0.25, 0.3) is 0 Å². The van der Waals surface area contributed by atoms with Gasteiger partial charge in [-0.1, -0.05) is 0 Å². The molecule has 120 valence electrons. The maximum atomic E-state index is 11.0. The van der Waals surface area contributed by atoms with E-state index in [1.807, 2.05) is 24.4 Å². The van der Waals surface area contributed by atoms with E-state index < -0.39 is 0 Å². The molecule has 1 fully saturated rings. The highest BCUT2D eigenvalue weighted by molar-refractivity contribution is 5.72. The molecule has 0 aromatic carbocycles. The summed E-state index contributed by atoms with van der Waals surface area (Å²) < 4.78 is 5.68. The summed E-state index contributed by atoms with van der Waals surface area (Å²) in [5.74, 6) is 0.893. The van der Waals surface area contributed by atoms with Crippen molar-refractivity contribution in [3.63, 3.8) is 0 Å². The number of ether oxygens (including phenoxy) is 1. The molecule has 0 bridgehead atoms. The predicted molar refractivity (Wildman–Crippen MR) is 88.1 cm³/mol. The maximum absolute atomic E-state index is 11.0. The van der Waals surface area contributed by atoms with Crippen LogP contribution in [0.15, 0.2) is 42.9 Å². The Hall–Kier alpha value is -2.47. The van der Waals surface area contributed by atoms with Crippen molar-refractivity contribution < 1.29 is 9.53 Å². The molecular formula is C17H20N4O2. The molecule has 1 aliphatic rings. The highest BCUT2D eigenvalue weighted by Gasteiger charge is 2.21. The van der Waals surface area contributed by atoms with Gasteiger partial charge in [0, 0.05) is 50.7 Å². The Morgan fingerprint density at radius 2 is 2.13 bits per heavy atom. The Kier molecular flexibility index (Phi) is 4.83. The normalized spacial score (nSPS) is 17.8. The zero-order chi connectivity index (χ0) is 16.1. The number of nitrogens with zero attached hydrogens (tertiary/aromatic N) is 3. The van der Waals surface area contributed by atoms with Crippen molar-refractivity contribution in [2.75, 3.05) is 31.1 Å². The Labute approximate surface area is 135 Å². The van der Waals surface area contributed by atoms with Crippen LogP contribution in [0.2, 0.25) is 0 Å². The van der Waals surface area contributed by atoms with Crippen LogP contribution < -0.4 is 10.2 Å². The largest absolute Gasteiger partial charge is 0.373 e. The quantitative estimate of drug-likeness (QED) is 0.926. The third-order valence-electron chi connectivity index (χ3n) is 3.80. The molecule has 1 saturated heterocycles. The van der Waals surface area contributed by atoms with Gasteiger partial charge in [-0.3, -0.25) is 9.78 Å².